The van der Waals surface area contributed by atoms with E-state index in [1.165, 1.54) is 27.4 Å². The molecule has 4 aromatic rings. The number of pyridine rings is 1. The SMILES string of the molecule is O=C(c1ccsc1)n1nc(-c2ccn(CCN3CCOCC3)c(=O)c2)cc1CCc1ccc(Cl)s1. The average molecular weight is 529 g/mol. The van der Waals surface area contributed by atoms with Gasteiger partial charge >= 0.3 is 0 Å². The molecule has 0 spiro atoms. The lowest BCUT2D eigenvalue weighted by atomic mass is 10.1. The van der Waals surface area contributed by atoms with Crippen LogP contribution >= 0.6 is 34.3 Å². The minimum atomic E-state index is -0.171. The summed E-state index contributed by atoms with van der Waals surface area (Å²) in [7, 11) is 0. The lowest BCUT2D eigenvalue weighted by Crippen LogP contribution is -2.39. The van der Waals surface area contributed by atoms with Crippen LogP contribution in [-0.4, -0.2) is 58.0 Å². The first-order valence-corrected chi connectivity index (χ1v) is 13.6. The van der Waals surface area contributed by atoms with Gasteiger partial charge in [0.25, 0.3) is 11.5 Å². The van der Waals surface area contributed by atoms with Crippen molar-refractivity contribution in [2.45, 2.75) is 19.4 Å². The smallest absolute Gasteiger partial charge is 0.279 e. The van der Waals surface area contributed by atoms with Crippen LogP contribution in [0, 0.1) is 0 Å². The lowest BCUT2D eigenvalue weighted by molar-refractivity contribution is 0.0363. The molecule has 0 aliphatic carbocycles. The average Bonchev–Trinajstić information content (AvgIpc) is 3.63. The predicted molar refractivity (Wildman–Crippen MR) is 140 cm³/mol. The Bertz CT molecular complexity index is 1350. The molecule has 0 unspecified atom stereocenters. The second kappa shape index (κ2) is 11.0. The third-order valence-corrected chi connectivity index (χ3v) is 8.03. The Morgan fingerprint density at radius 3 is 2.66 bits per heavy atom. The summed E-state index contributed by atoms with van der Waals surface area (Å²) >= 11 is 9.09. The molecule has 0 amide bonds. The van der Waals surface area contributed by atoms with Gasteiger partial charge in [-0.3, -0.25) is 14.5 Å². The first kappa shape index (κ1) is 24.1. The molecule has 1 fully saturated rings. The third-order valence-electron chi connectivity index (χ3n) is 6.05. The number of hydrogen-bond donors (Lipinski definition) is 0. The molecule has 10 heteroatoms. The van der Waals surface area contributed by atoms with E-state index in [0.29, 0.717) is 29.8 Å². The Labute approximate surface area is 216 Å². The Balaban J connectivity index is 1.37. The van der Waals surface area contributed by atoms with Crippen molar-refractivity contribution in [1.82, 2.24) is 19.2 Å². The van der Waals surface area contributed by atoms with Crippen LogP contribution in [0.4, 0.5) is 0 Å². The number of nitrogens with zero attached hydrogens (tertiary/aromatic N) is 4. The number of aromatic nitrogens is 3. The van der Waals surface area contributed by atoms with E-state index < -0.39 is 0 Å². The fraction of sp³-hybridized carbons (Fsp3) is 0.320. The van der Waals surface area contributed by atoms with E-state index in [4.69, 9.17) is 16.3 Å². The van der Waals surface area contributed by atoms with Crippen LogP contribution in [0.2, 0.25) is 4.34 Å². The maximum atomic E-state index is 13.2. The van der Waals surface area contributed by atoms with E-state index >= 15 is 0 Å². The van der Waals surface area contributed by atoms with E-state index in [-0.39, 0.29) is 11.5 Å². The van der Waals surface area contributed by atoms with Crippen LogP contribution in [0.1, 0.15) is 20.9 Å². The van der Waals surface area contributed by atoms with Gasteiger partial charge in [-0.1, -0.05) is 11.6 Å². The summed E-state index contributed by atoms with van der Waals surface area (Å²) in [6.07, 6.45) is 3.20. The van der Waals surface area contributed by atoms with Crippen LogP contribution in [-0.2, 0) is 24.1 Å². The van der Waals surface area contributed by atoms with Gasteiger partial charge in [-0.2, -0.15) is 16.4 Å². The molecule has 1 saturated heterocycles. The summed E-state index contributed by atoms with van der Waals surface area (Å²) < 4.78 is 9.32. The van der Waals surface area contributed by atoms with Crippen LogP contribution in [0.3, 0.4) is 0 Å². The number of carbonyl (C=O) groups excluding carboxylic acids is 1. The molecule has 0 N–H and O–H groups in total. The minimum Gasteiger partial charge on any atom is -0.379 e. The van der Waals surface area contributed by atoms with Crippen molar-refractivity contribution in [3.8, 4) is 11.3 Å². The number of morpholine rings is 1. The van der Waals surface area contributed by atoms with Gasteiger partial charge in [-0.05, 0) is 48.6 Å². The molecule has 0 atom stereocenters. The van der Waals surface area contributed by atoms with Gasteiger partial charge in [0.2, 0.25) is 0 Å². The van der Waals surface area contributed by atoms with Crippen LogP contribution in [0.5, 0.6) is 0 Å². The monoisotopic (exact) mass is 528 g/mol. The molecule has 5 heterocycles. The van der Waals surface area contributed by atoms with Crippen molar-refractivity contribution in [2.24, 2.45) is 0 Å². The zero-order valence-corrected chi connectivity index (χ0v) is 21.4. The number of halogens is 1. The van der Waals surface area contributed by atoms with Crippen molar-refractivity contribution < 1.29 is 9.53 Å². The zero-order chi connectivity index (χ0) is 24.2. The van der Waals surface area contributed by atoms with Gasteiger partial charge in [0.15, 0.2) is 0 Å². The highest BCUT2D eigenvalue weighted by Crippen LogP contribution is 2.25. The lowest BCUT2D eigenvalue weighted by Gasteiger charge is -2.26. The fourth-order valence-corrected chi connectivity index (χ4v) is 5.80. The third kappa shape index (κ3) is 5.82. The second-order valence-corrected chi connectivity index (χ2v) is 10.9. The summed E-state index contributed by atoms with van der Waals surface area (Å²) in [5, 5.41) is 8.32. The molecule has 5 rings (SSSR count). The quantitative estimate of drug-likeness (QED) is 0.341. The van der Waals surface area contributed by atoms with Gasteiger partial charge in [-0.15, -0.1) is 11.3 Å². The molecule has 182 valence electrons. The van der Waals surface area contributed by atoms with Crippen molar-refractivity contribution in [2.75, 3.05) is 32.8 Å². The maximum Gasteiger partial charge on any atom is 0.279 e. The zero-order valence-electron chi connectivity index (χ0n) is 19.1. The van der Waals surface area contributed by atoms with Crippen LogP contribution < -0.4 is 5.56 Å². The Morgan fingerprint density at radius 1 is 1.09 bits per heavy atom. The first-order chi connectivity index (χ1) is 17.1. The topological polar surface area (TPSA) is 69.4 Å². The summed E-state index contributed by atoms with van der Waals surface area (Å²) in [6.45, 7) is 4.69. The minimum absolute atomic E-state index is 0.0794. The van der Waals surface area contributed by atoms with E-state index in [1.807, 2.05) is 41.2 Å². The van der Waals surface area contributed by atoms with E-state index in [2.05, 4.69) is 10.00 Å². The molecule has 7 nitrogen and oxygen atoms in total. The van der Waals surface area contributed by atoms with Gasteiger partial charge in [-0.25, -0.2) is 4.68 Å². The van der Waals surface area contributed by atoms with Crippen LogP contribution in [0.15, 0.2) is 58.1 Å². The van der Waals surface area contributed by atoms with E-state index in [1.54, 1.807) is 16.7 Å². The molecular weight excluding hydrogens is 504 g/mol. The molecule has 0 aromatic carbocycles. The molecule has 0 radical (unpaired) electrons. The Kier molecular flexibility index (Phi) is 7.60. The molecule has 0 bridgehead atoms. The molecule has 35 heavy (non-hydrogen) atoms. The summed E-state index contributed by atoms with van der Waals surface area (Å²) in [5.41, 5.74) is 2.64. The van der Waals surface area contributed by atoms with Crippen molar-refractivity contribution in [1.29, 1.82) is 0 Å². The number of hydrogen-bond acceptors (Lipinski definition) is 7. The van der Waals surface area contributed by atoms with Crippen molar-refractivity contribution in [3.05, 3.63) is 84.2 Å². The predicted octanol–water partition coefficient (Wildman–Crippen LogP) is 4.29. The van der Waals surface area contributed by atoms with Gasteiger partial charge < -0.3 is 9.30 Å². The van der Waals surface area contributed by atoms with Crippen LogP contribution in [0.25, 0.3) is 11.3 Å². The van der Waals surface area contributed by atoms with E-state index in [0.717, 1.165) is 54.2 Å². The normalized spacial score (nSPS) is 14.4. The van der Waals surface area contributed by atoms with Crippen molar-refractivity contribution >= 4 is 40.2 Å². The fourth-order valence-electron chi connectivity index (χ4n) is 4.09. The summed E-state index contributed by atoms with van der Waals surface area (Å²) in [4.78, 5) is 29.4. The second-order valence-electron chi connectivity index (χ2n) is 8.36. The molecule has 1 aliphatic heterocycles. The maximum absolute atomic E-state index is 13.2. The number of carbonyl (C=O) groups is 1. The molecule has 4 aromatic heterocycles. The summed E-state index contributed by atoms with van der Waals surface area (Å²) in [5.74, 6) is -0.171. The van der Waals surface area contributed by atoms with Gasteiger partial charge in [0.05, 0.1) is 28.8 Å². The standard InChI is InChI=1S/C25H25ClN4O3S2/c26-23-4-3-21(35-23)2-1-20-16-22(27-30(20)25(32)19-6-14-34-17-19)18-5-7-29(24(31)15-18)9-8-28-10-12-33-13-11-28/h3-7,14-17H,1-2,8-13H2. The number of thiophene rings is 2. The van der Waals surface area contributed by atoms with Gasteiger partial charge in [0.1, 0.15) is 0 Å². The Morgan fingerprint density at radius 2 is 1.94 bits per heavy atom. The number of ether oxygens (including phenoxy) is 1. The Hall–Kier alpha value is -2.56. The molecule has 0 saturated carbocycles. The highest BCUT2D eigenvalue weighted by molar-refractivity contribution is 7.16. The largest absolute Gasteiger partial charge is 0.379 e. The van der Waals surface area contributed by atoms with E-state index in [9.17, 15) is 9.59 Å². The summed E-state index contributed by atoms with van der Waals surface area (Å²) in [6, 6.07) is 11.1. The number of rotatable bonds is 8. The van der Waals surface area contributed by atoms with Gasteiger partial charge in [0, 0.05) is 60.0 Å². The number of aryl methyl sites for hydroxylation is 2. The molecule has 1 aliphatic rings. The van der Waals surface area contributed by atoms with Crippen molar-refractivity contribution in [3.63, 3.8) is 0 Å². The highest BCUT2D eigenvalue weighted by Gasteiger charge is 2.18. The first-order valence-electron chi connectivity index (χ1n) is 11.5. The highest BCUT2D eigenvalue weighted by atomic mass is 35.5. The molecular formula is C25H25ClN4O3S2.